The van der Waals surface area contributed by atoms with Gasteiger partial charge in [-0.15, -0.1) is 0 Å². The number of aliphatic hydroxyl groups is 1. The number of halogens is 2. The Morgan fingerprint density at radius 3 is 2.47 bits per heavy atom. The molecule has 0 heterocycles. The Morgan fingerprint density at radius 2 is 2.00 bits per heavy atom. The third-order valence-corrected chi connectivity index (χ3v) is 4.19. The number of alkyl halides is 2. The molecule has 0 fully saturated rings. The van der Waals surface area contributed by atoms with Gasteiger partial charge in [0.05, 0.1) is 23.7 Å². The van der Waals surface area contributed by atoms with E-state index in [0.717, 1.165) is 18.2 Å². The Kier molecular flexibility index (Phi) is 5.04. The molecule has 108 valence electrons. The number of benzene rings is 1. The first-order valence-corrected chi connectivity index (χ1v) is 6.70. The number of hydrogen-bond donors (Lipinski definition) is 3. The molecular weight excluding hydrogens is 282 g/mol. The molecule has 0 aliphatic rings. The van der Waals surface area contributed by atoms with Crippen LogP contribution in [0.2, 0.25) is 0 Å². The molecule has 19 heavy (non-hydrogen) atoms. The van der Waals surface area contributed by atoms with Crippen LogP contribution < -0.4 is 5.73 Å². The van der Waals surface area contributed by atoms with E-state index in [1.807, 2.05) is 0 Å². The van der Waals surface area contributed by atoms with Crippen molar-refractivity contribution in [1.29, 1.82) is 0 Å². The number of aliphatic hydroxyl groups excluding tert-OH is 1. The summed E-state index contributed by atoms with van der Waals surface area (Å²) in [6, 6.07) is 3.08. The van der Waals surface area contributed by atoms with Gasteiger partial charge in [0.1, 0.15) is 5.75 Å². The average molecular weight is 296 g/mol. The van der Waals surface area contributed by atoms with Gasteiger partial charge in [-0.05, 0) is 18.2 Å². The number of rotatable bonds is 6. The fraction of sp³-hybridized carbons (Fsp3) is 0.400. The van der Waals surface area contributed by atoms with Crippen molar-refractivity contribution in [3.63, 3.8) is 0 Å². The largest absolute Gasteiger partial charge is 0.506 e. The number of phenols is 1. The molecule has 0 unspecified atom stereocenters. The number of sulfonamides is 1. The van der Waals surface area contributed by atoms with Crippen LogP contribution in [-0.4, -0.2) is 49.1 Å². The van der Waals surface area contributed by atoms with Gasteiger partial charge in [0.25, 0.3) is 6.43 Å². The molecule has 1 rings (SSSR count). The van der Waals surface area contributed by atoms with Crippen LogP contribution in [0.15, 0.2) is 23.1 Å². The lowest BCUT2D eigenvalue weighted by atomic mass is 10.3. The van der Waals surface area contributed by atoms with E-state index in [-0.39, 0.29) is 16.3 Å². The third-order valence-electron chi connectivity index (χ3n) is 2.33. The molecule has 0 radical (unpaired) electrons. The summed E-state index contributed by atoms with van der Waals surface area (Å²) in [6.07, 6.45) is -2.87. The predicted molar refractivity (Wildman–Crippen MR) is 64.4 cm³/mol. The summed E-state index contributed by atoms with van der Waals surface area (Å²) in [5.74, 6) is -0.304. The average Bonchev–Trinajstić information content (AvgIpc) is 2.31. The van der Waals surface area contributed by atoms with Crippen molar-refractivity contribution in [2.75, 3.05) is 25.4 Å². The highest BCUT2D eigenvalue weighted by molar-refractivity contribution is 7.89. The highest BCUT2D eigenvalue weighted by atomic mass is 32.2. The number of nitrogens with two attached hydrogens (primary N) is 1. The number of nitrogens with zero attached hydrogens (tertiary/aromatic N) is 1. The Balaban J connectivity index is 3.14. The van der Waals surface area contributed by atoms with Crippen molar-refractivity contribution < 1.29 is 27.4 Å². The molecule has 0 aliphatic heterocycles. The second kappa shape index (κ2) is 6.13. The van der Waals surface area contributed by atoms with Crippen LogP contribution >= 0.6 is 0 Å². The molecule has 1 aromatic carbocycles. The van der Waals surface area contributed by atoms with Crippen LogP contribution in [0.25, 0.3) is 0 Å². The summed E-state index contributed by atoms with van der Waals surface area (Å²) in [4.78, 5) is -0.322. The minimum atomic E-state index is -4.20. The third kappa shape index (κ3) is 3.75. The van der Waals surface area contributed by atoms with Crippen molar-refractivity contribution in [1.82, 2.24) is 4.31 Å². The van der Waals surface area contributed by atoms with Crippen molar-refractivity contribution in [3.8, 4) is 5.75 Å². The lowest BCUT2D eigenvalue weighted by Crippen LogP contribution is -2.37. The quantitative estimate of drug-likeness (QED) is 0.515. The first-order chi connectivity index (χ1) is 8.78. The molecule has 0 amide bonds. The van der Waals surface area contributed by atoms with Gasteiger partial charge in [-0.3, -0.25) is 0 Å². The topological polar surface area (TPSA) is 104 Å². The van der Waals surface area contributed by atoms with Crippen molar-refractivity contribution in [3.05, 3.63) is 18.2 Å². The van der Waals surface area contributed by atoms with E-state index in [0.29, 0.717) is 4.31 Å². The van der Waals surface area contributed by atoms with Gasteiger partial charge < -0.3 is 15.9 Å². The van der Waals surface area contributed by atoms with E-state index in [2.05, 4.69) is 0 Å². The predicted octanol–water partition coefficient (Wildman–Crippen LogP) is 0.222. The summed E-state index contributed by atoms with van der Waals surface area (Å²) in [7, 11) is -4.20. The molecule has 4 N–H and O–H groups in total. The van der Waals surface area contributed by atoms with Crippen molar-refractivity contribution >= 4 is 15.7 Å². The molecule has 0 bridgehead atoms. The van der Waals surface area contributed by atoms with E-state index in [9.17, 15) is 22.3 Å². The highest BCUT2D eigenvalue weighted by Crippen LogP contribution is 2.25. The second-order valence-corrected chi connectivity index (χ2v) is 5.64. The number of anilines is 1. The van der Waals surface area contributed by atoms with E-state index in [1.165, 1.54) is 0 Å². The maximum absolute atomic E-state index is 12.3. The van der Waals surface area contributed by atoms with Gasteiger partial charge in [-0.1, -0.05) is 0 Å². The second-order valence-electron chi connectivity index (χ2n) is 3.70. The maximum atomic E-state index is 12.3. The fourth-order valence-electron chi connectivity index (χ4n) is 1.42. The molecule has 0 saturated carbocycles. The summed E-state index contributed by atoms with van der Waals surface area (Å²) < 4.78 is 49.3. The van der Waals surface area contributed by atoms with Gasteiger partial charge in [0.2, 0.25) is 10.0 Å². The molecule has 0 aliphatic carbocycles. The number of phenolic OH excluding ortho intramolecular Hbond substituents is 1. The lowest BCUT2D eigenvalue weighted by Gasteiger charge is -2.21. The molecule has 6 nitrogen and oxygen atoms in total. The Morgan fingerprint density at radius 1 is 1.37 bits per heavy atom. The number of hydrogen-bond acceptors (Lipinski definition) is 5. The standard InChI is InChI=1S/C10H14F2N2O4S/c11-10(12)6-14(3-4-15)19(17,18)7-1-2-9(16)8(13)5-7/h1-2,5,10,15-16H,3-4,6,13H2. The van der Waals surface area contributed by atoms with Gasteiger partial charge in [0.15, 0.2) is 0 Å². The SMILES string of the molecule is Nc1cc(S(=O)(=O)N(CCO)CC(F)F)ccc1O. The smallest absolute Gasteiger partial charge is 0.252 e. The molecule has 0 saturated heterocycles. The fourth-order valence-corrected chi connectivity index (χ4v) is 2.86. The lowest BCUT2D eigenvalue weighted by molar-refractivity contribution is 0.113. The van der Waals surface area contributed by atoms with E-state index in [1.54, 1.807) is 0 Å². The summed E-state index contributed by atoms with van der Waals surface area (Å²) >= 11 is 0. The van der Waals surface area contributed by atoms with Crippen molar-refractivity contribution in [2.45, 2.75) is 11.3 Å². The first kappa shape index (κ1) is 15.6. The summed E-state index contributed by atoms with van der Waals surface area (Å²) in [6.45, 7) is -2.06. The van der Waals surface area contributed by atoms with Gasteiger partial charge >= 0.3 is 0 Å². The van der Waals surface area contributed by atoms with Crippen LogP contribution in [0, 0.1) is 0 Å². The van der Waals surface area contributed by atoms with Crippen LogP contribution in [-0.2, 0) is 10.0 Å². The number of aromatic hydroxyl groups is 1. The minimum absolute atomic E-state index is 0.179. The Labute approximate surface area is 109 Å². The van der Waals surface area contributed by atoms with Crippen LogP contribution in [0.5, 0.6) is 5.75 Å². The molecule has 0 spiro atoms. The van der Waals surface area contributed by atoms with E-state index in [4.69, 9.17) is 10.8 Å². The molecule has 0 aromatic heterocycles. The molecule has 1 aromatic rings. The minimum Gasteiger partial charge on any atom is -0.506 e. The van der Waals surface area contributed by atoms with Gasteiger partial charge in [0, 0.05) is 6.54 Å². The van der Waals surface area contributed by atoms with Gasteiger partial charge in [-0.2, -0.15) is 4.31 Å². The molecule has 0 atom stereocenters. The zero-order chi connectivity index (χ0) is 14.6. The number of nitrogen functional groups attached to an aromatic ring is 1. The molecule has 9 heteroatoms. The first-order valence-electron chi connectivity index (χ1n) is 5.26. The molecular formula is C10H14F2N2O4S. The van der Waals surface area contributed by atoms with Crippen LogP contribution in [0.1, 0.15) is 0 Å². The zero-order valence-electron chi connectivity index (χ0n) is 9.83. The summed E-state index contributed by atoms with van der Waals surface area (Å²) in [5.41, 5.74) is 5.18. The highest BCUT2D eigenvalue weighted by Gasteiger charge is 2.27. The Hall–Kier alpha value is -1.45. The zero-order valence-corrected chi connectivity index (χ0v) is 10.6. The van der Waals surface area contributed by atoms with Crippen molar-refractivity contribution in [2.24, 2.45) is 0 Å². The summed E-state index contributed by atoms with van der Waals surface area (Å²) in [5, 5.41) is 17.9. The maximum Gasteiger partial charge on any atom is 0.252 e. The van der Waals surface area contributed by atoms with E-state index < -0.39 is 36.1 Å². The van der Waals surface area contributed by atoms with Crippen LogP contribution in [0.3, 0.4) is 0 Å². The van der Waals surface area contributed by atoms with Crippen LogP contribution in [0.4, 0.5) is 14.5 Å². The van der Waals surface area contributed by atoms with E-state index >= 15 is 0 Å². The Bertz CT molecular complexity index is 536. The van der Waals surface area contributed by atoms with Gasteiger partial charge in [-0.25, -0.2) is 17.2 Å². The monoisotopic (exact) mass is 296 g/mol. The normalized spacial score (nSPS) is 12.3.